The molecule has 3 aromatic carbocycles. The van der Waals surface area contributed by atoms with Crippen LogP contribution in [0.5, 0.6) is 11.5 Å². The van der Waals surface area contributed by atoms with Crippen LogP contribution in [0.3, 0.4) is 0 Å². The minimum Gasteiger partial charge on any atom is -0.421 e. The number of pyridine rings is 2. The Morgan fingerprint density at radius 3 is 1.64 bits per heavy atom. The van der Waals surface area contributed by atoms with Gasteiger partial charge in [-0.1, -0.05) is 0 Å². The molecule has 0 radical (unpaired) electrons. The lowest BCUT2D eigenvalue weighted by molar-refractivity contribution is 0.0720. The van der Waals surface area contributed by atoms with Gasteiger partial charge in [0.1, 0.15) is 11.5 Å². The predicted molar refractivity (Wildman–Crippen MR) is 148 cm³/mol. The van der Waals surface area contributed by atoms with E-state index in [2.05, 4.69) is 9.97 Å². The van der Waals surface area contributed by atoms with Crippen LogP contribution in [0, 0.1) is 0 Å². The Morgan fingerprint density at radius 2 is 1.15 bits per heavy atom. The number of nitrogens with two attached hydrogens (primary N) is 2. The molecule has 0 aliphatic rings. The number of ether oxygens (including phenoxy) is 2. The van der Waals surface area contributed by atoms with Gasteiger partial charge in [-0.25, -0.2) is 9.59 Å². The number of carbonyl (C=O) groups is 2. The molecule has 0 saturated heterocycles. The van der Waals surface area contributed by atoms with Gasteiger partial charge in [-0.05, 0) is 91.0 Å². The van der Waals surface area contributed by atoms with Crippen LogP contribution in [0.1, 0.15) is 20.7 Å². The number of hydrogen-bond donors (Lipinski definition) is 2. The average Bonchev–Trinajstić information content (AvgIpc) is 2.96. The molecule has 0 aliphatic heterocycles. The van der Waals surface area contributed by atoms with Crippen molar-refractivity contribution < 1.29 is 19.1 Å². The Kier molecular flexibility index (Phi) is 7.13. The molecule has 0 saturated carbocycles. The van der Waals surface area contributed by atoms with Gasteiger partial charge in [-0.3, -0.25) is 9.97 Å². The van der Waals surface area contributed by atoms with Crippen LogP contribution in [0.4, 0.5) is 28.4 Å². The summed E-state index contributed by atoms with van der Waals surface area (Å²) in [5.41, 5.74) is 15.2. The average molecular weight is 518 g/mol. The molecule has 0 unspecified atom stereocenters. The van der Waals surface area contributed by atoms with Crippen molar-refractivity contribution in [1.82, 2.24) is 9.97 Å². The van der Waals surface area contributed by atoms with Crippen molar-refractivity contribution in [2.45, 2.75) is 0 Å². The van der Waals surface area contributed by atoms with E-state index >= 15 is 0 Å². The Hall–Kier alpha value is -5.70. The fourth-order valence-electron chi connectivity index (χ4n) is 3.83. The predicted octanol–water partition coefficient (Wildman–Crippen LogP) is 5.55. The van der Waals surface area contributed by atoms with E-state index in [0.29, 0.717) is 28.4 Å². The molecular formula is C30H23N5O4. The molecule has 9 heteroatoms. The van der Waals surface area contributed by atoms with Crippen LogP contribution in [-0.4, -0.2) is 21.9 Å². The van der Waals surface area contributed by atoms with Crippen LogP contribution in [0.2, 0.25) is 0 Å². The van der Waals surface area contributed by atoms with Gasteiger partial charge < -0.3 is 25.8 Å². The van der Waals surface area contributed by atoms with Gasteiger partial charge in [0.25, 0.3) is 0 Å². The number of carbonyl (C=O) groups excluding carboxylic acids is 2. The van der Waals surface area contributed by atoms with E-state index in [1.165, 1.54) is 24.5 Å². The van der Waals surface area contributed by atoms with E-state index in [1.807, 2.05) is 24.3 Å². The zero-order chi connectivity index (χ0) is 27.2. The largest absolute Gasteiger partial charge is 0.421 e. The summed E-state index contributed by atoms with van der Waals surface area (Å²) in [6, 6.07) is 25.4. The summed E-state index contributed by atoms with van der Waals surface area (Å²) in [5, 5.41) is 0. The highest BCUT2D eigenvalue weighted by atomic mass is 16.5. The summed E-state index contributed by atoms with van der Waals surface area (Å²) in [6.45, 7) is 0. The Balaban J connectivity index is 1.64. The number of nitrogens with zero attached hydrogens (tertiary/aromatic N) is 3. The van der Waals surface area contributed by atoms with Crippen LogP contribution in [0.15, 0.2) is 116 Å². The fraction of sp³-hybridized carbons (Fsp3) is 0. The number of anilines is 5. The first-order chi connectivity index (χ1) is 19.0. The highest BCUT2D eigenvalue weighted by molar-refractivity contribution is 6.02. The number of aromatic nitrogens is 2. The Bertz CT molecular complexity index is 1550. The highest BCUT2D eigenvalue weighted by Crippen LogP contribution is 2.38. The number of benzene rings is 3. The minimum atomic E-state index is -0.638. The molecule has 0 spiro atoms. The van der Waals surface area contributed by atoms with Crippen molar-refractivity contribution in [1.29, 1.82) is 0 Å². The van der Waals surface area contributed by atoms with E-state index in [0.717, 1.165) is 0 Å². The second-order valence-electron chi connectivity index (χ2n) is 8.41. The second kappa shape index (κ2) is 11.1. The summed E-state index contributed by atoms with van der Waals surface area (Å²) in [6.07, 6.45) is 6.03. The van der Waals surface area contributed by atoms with Gasteiger partial charge in [0.15, 0.2) is 0 Å². The molecule has 0 aliphatic carbocycles. The molecule has 2 heterocycles. The van der Waals surface area contributed by atoms with E-state index in [1.54, 1.807) is 71.9 Å². The molecule has 9 nitrogen and oxygen atoms in total. The van der Waals surface area contributed by atoms with Crippen LogP contribution in [0.25, 0.3) is 0 Å². The molecule has 0 atom stereocenters. The Morgan fingerprint density at radius 1 is 0.641 bits per heavy atom. The summed E-state index contributed by atoms with van der Waals surface area (Å²) in [4.78, 5) is 36.3. The smallest absolute Gasteiger partial charge is 0.345 e. The monoisotopic (exact) mass is 517 g/mol. The maximum absolute atomic E-state index is 13.4. The van der Waals surface area contributed by atoms with Crippen molar-refractivity contribution in [3.63, 3.8) is 0 Å². The third kappa shape index (κ3) is 5.83. The second-order valence-corrected chi connectivity index (χ2v) is 8.41. The molecule has 5 rings (SSSR count). The quantitative estimate of drug-likeness (QED) is 0.210. The van der Waals surface area contributed by atoms with Gasteiger partial charge in [-0.2, -0.15) is 0 Å². The number of rotatable bonds is 7. The van der Waals surface area contributed by atoms with Crippen molar-refractivity contribution in [3.8, 4) is 11.5 Å². The van der Waals surface area contributed by atoms with Gasteiger partial charge in [-0.15, -0.1) is 0 Å². The maximum Gasteiger partial charge on any atom is 0.345 e. The molecule has 0 fully saturated rings. The summed E-state index contributed by atoms with van der Waals surface area (Å²) in [7, 11) is 0. The molecule has 39 heavy (non-hydrogen) atoms. The van der Waals surface area contributed by atoms with E-state index in [9.17, 15) is 9.59 Å². The summed E-state index contributed by atoms with van der Waals surface area (Å²) in [5.74, 6) is -0.690. The lowest BCUT2D eigenvalue weighted by Crippen LogP contribution is -2.19. The number of nitrogen functional groups attached to an aromatic ring is 2. The third-order valence-electron chi connectivity index (χ3n) is 5.69. The standard InChI is InChI=1S/C30H23N5O4/c31-21-6-10-23(11-7-21)35(24-12-8-22(32)9-13-24)28-17-20(29(36)38-25-3-1-15-33-18-25)5-14-27(28)30(37)39-26-4-2-16-34-19-26/h1-19H,31-32H2. The first kappa shape index (κ1) is 25.0. The molecular weight excluding hydrogens is 494 g/mol. The highest BCUT2D eigenvalue weighted by Gasteiger charge is 2.24. The Labute approximate surface area is 224 Å². The number of esters is 2. The van der Waals surface area contributed by atoms with Crippen LogP contribution >= 0.6 is 0 Å². The SMILES string of the molecule is Nc1ccc(N(c2ccc(N)cc2)c2cc(C(=O)Oc3cccnc3)ccc2C(=O)Oc2cccnc2)cc1. The minimum absolute atomic E-state index is 0.199. The lowest BCUT2D eigenvalue weighted by atomic mass is 10.1. The molecule has 5 aromatic rings. The van der Waals surface area contributed by atoms with Crippen molar-refractivity contribution in [2.75, 3.05) is 16.4 Å². The van der Waals surface area contributed by atoms with Crippen molar-refractivity contribution >= 4 is 40.4 Å². The van der Waals surface area contributed by atoms with E-state index in [-0.39, 0.29) is 22.6 Å². The zero-order valence-electron chi connectivity index (χ0n) is 20.6. The fourth-order valence-corrected chi connectivity index (χ4v) is 3.83. The molecule has 0 amide bonds. The summed E-state index contributed by atoms with van der Waals surface area (Å²) < 4.78 is 11.1. The van der Waals surface area contributed by atoms with Gasteiger partial charge in [0, 0.05) is 35.1 Å². The summed E-state index contributed by atoms with van der Waals surface area (Å²) >= 11 is 0. The van der Waals surface area contributed by atoms with E-state index in [4.69, 9.17) is 20.9 Å². The van der Waals surface area contributed by atoms with Gasteiger partial charge in [0.2, 0.25) is 0 Å². The van der Waals surface area contributed by atoms with Crippen LogP contribution in [-0.2, 0) is 0 Å². The normalized spacial score (nSPS) is 10.5. The van der Waals surface area contributed by atoms with Gasteiger partial charge in [0.05, 0.1) is 29.2 Å². The van der Waals surface area contributed by atoms with Gasteiger partial charge >= 0.3 is 11.9 Å². The van der Waals surface area contributed by atoms with E-state index < -0.39 is 11.9 Å². The van der Waals surface area contributed by atoms with Crippen LogP contribution < -0.4 is 25.8 Å². The topological polar surface area (TPSA) is 134 Å². The first-order valence-electron chi connectivity index (χ1n) is 11.9. The molecule has 0 bridgehead atoms. The first-order valence-corrected chi connectivity index (χ1v) is 11.9. The maximum atomic E-state index is 13.4. The molecule has 192 valence electrons. The third-order valence-corrected chi connectivity index (χ3v) is 5.69. The lowest BCUT2D eigenvalue weighted by Gasteiger charge is -2.27. The number of hydrogen-bond acceptors (Lipinski definition) is 9. The van der Waals surface area contributed by atoms with Crippen molar-refractivity contribution in [3.05, 3.63) is 127 Å². The molecule has 4 N–H and O–H groups in total. The van der Waals surface area contributed by atoms with Crippen molar-refractivity contribution in [2.24, 2.45) is 0 Å². The molecule has 2 aromatic heterocycles. The zero-order valence-corrected chi connectivity index (χ0v) is 20.6.